The lowest BCUT2D eigenvalue weighted by Crippen LogP contribution is -2.31. The number of benzene rings is 2. The van der Waals surface area contributed by atoms with E-state index in [-0.39, 0.29) is 12.5 Å². The van der Waals surface area contributed by atoms with Crippen molar-refractivity contribution in [3.05, 3.63) is 101 Å². The third-order valence-electron chi connectivity index (χ3n) is 6.35. The minimum atomic E-state index is -0.600. The third kappa shape index (κ3) is 5.75. The Morgan fingerprint density at radius 2 is 1.92 bits per heavy atom. The molecular weight excluding hydrogens is 496 g/mol. The fraction of sp³-hybridized carbons (Fsp3) is 0.241. The van der Waals surface area contributed by atoms with Crippen LogP contribution in [0.3, 0.4) is 0 Å². The highest BCUT2D eigenvalue weighted by Gasteiger charge is 2.35. The van der Waals surface area contributed by atoms with E-state index >= 15 is 0 Å². The number of aryl methyl sites for hydroxylation is 1. The van der Waals surface area contributed by atoms with Gasteiger partial charge in [-0.3, -0.25) is 4.79 Å². The van der Waals surface area contributed by atoms with Gasteiger partial charge in [-0.2, -0.15) is 10.1 Å². The van der Waals surface area contributed by atoms with Gasteiger partial charge in [0.05, 0.1) is 12.7 Å². The van der Waals surface area contributed by atoms with Gasteiger partial charge >= 0.3 is 0 Å². The van der Waals surface area contributed by atoms with Crippen LogP contribution in [0, 0.1) is 0 Å². The van der Waals surface area contributed by atoms with Crippen molar-refractivity contribution < 1.29 is 19.4 Å². The maximum absolute atomic E-state index is 13.6. The van der Waals surface area contributed by atoms with E-state index in [4.69, 9.17) is 14.6 Å². The van der Waals surface area contributed by atoms with E-state index in [1.165, 1.54) is 0 Å². The van der Waals surface area contributed by atoms with E-state index in [0.717, 1.165) is 11.1 Å². The summed E-state index contributed by atoms with van der Waals surface area (Å²) >= 11 is 0. The van der Waals surface area contributed by atoms with Crippen LogP contribution in [-0.2, 0) is 17.8 Å². The van der Waals surface area contributed by atoms with Gasteiger partial charge in [-0.05, 0) is 48.7 Å². The zero-order valence-electron chi connectivity index (χ0n) is 21.8. The molecule has 1 atom stereocenters. The lowest BCUT2D eigenvalue weighted by atomic mass is 9.94. The van der Waals surface area contributed by atoms with Crippen molar-refractivity contribution >= 4 is 17.7 Å². The summed E-state index contributed by atoms with van der Waals surface area (Å²) in [6, 6.07) is 20.2. The first kappa shape index (κ1) is 25.9. The highest BCUT2D eigenvalue weighted by Crippen LogP contribution is 2.39. The van der Waals surface area contributed by atoms with Gasteiger partial charge in [-0.25, -0.2) is 9.67 Å². The number of hydrogen-bond donors (Lipinski definition) is 3. The molecule has 1 amide bonds. The van der Waals surface area contributed by atoms with Crippen LogP contribution >= 0.6 is 0 Å². The molecule has 1 aliphatic rings. The number of nitrogens with one attached hydrogen (secondary N) is 2. The molecule has 10 nitrogen and oxygen atoms in total. The number of carbonyl (C=O) groups excluding carboxylic acids is 1. The van der Waals surface area contributed by atoms with Gasteiger partial charge in [-0.15, -0.1) is 0 Å². The number of amides is 1. The first-order valence-electron chi connectivity index (χ1n) is 12.7. The maximum Gasteiger partial charge on any atom is 0.257 e. The molecule has 0 fully saturated rings. The normalized spacial score (nSPS) is 14.4. The van der Waals surface area contributed by atoms with E-state index in [1.807, 2.05) is 61.5 Å². The van der Waals surface area contributed by atoms with Crippen LogP contribution in [0.25, 0.3) is 0 Å². The van der Waals surface area contributed by atoms with Crippen molar-refractivity contribution in [3.63, 3.8) is 0 Å². The van der Waals surface area contributed by atoms with Crippen LogP contribution in [0.15, 0.2) is 84.2 Å². The number of fused-ring (bicyclic) bond motifs is 1. The van der Waals surface area contributed by atoms with Crippen molar-refractivity contribution in [1.29, 1.82) is 0 Å². The molecule has 0 bridgehead atoms. The topological polar surface area (TPSA) is 123 Å². The van der Waals surface area contributed by atoms with Gasteiger partial charge in [0.2, 0.25) is 5.95 Å². The first-order chi connectivity index (χ1) is 19.1. The van der Waals surface area contributed by atoms with Gasteiger partial charge in [0.15, 0.2) is 17.3 Å². The summed E-state index contributed by atoms with van der Waals surface area (Å²) < 4.78 is 13.4. The summed E-state index contributed by atoms with van der Waals surface area (Å²) in [5, 5.41) is 20.1. The van der Waals surface area contributed by atoms with Gasteiger partial charge in [-0.1, -0.05) is 42.5 Å². The molecule has 0 saturated carbocycles. The quantitative estimate of drug-likeness (QED) is 0.282. The van der Waals surface area contributed by atoms with E-state index in [1.54, 1.807) is 30.1 Å². The molecule has 10 heteroatoms. The molecule has 3 heterocycles. The number of anilines is 2. The second-order valence-corrected chi connectivity index (χ2v) is 9.04. The first-order valence-corrected chi connectivity index (χ1v) is 12.7. The number of aliphatic hydroxyl groups excluding tert-OH is 1. The molecule has 1 aliphatic heterocycles. The molecule has 0 spiro atoms. The molecule has 0 radical (unpaired) electrons. The van der Waals surface area contributed by atoms with Crippen LogP contribution in [0.5, 0.6) is 11.5 Å². The number of methoxy groups -OCH3 is 1. The number of pyridine rings is 1. The zero-order chi connectivity index (χ0) is 27.2. The van der Waals surface area contributed by atoms with Crippen LogP contribution in [0.4, 0.5) is 11.8 Å². The number of aromatic nitrogens is 4. The Hall–Kier alpha value is -4.70. The summed E-state index contributed by atoms with van der Waals surface area (Å²) in [7, 11) is 1.58. The smallest absolute Gasteiger partial charge is 0.257 e. The lowest BCUT2D eigenvalue weighted by Gasteiger charge is -2.29. The van der Waals surface area contributed by atoms with Crippen LogP contribution in [0.2, 0.25) is 0 Å². The lowest BCUT2D eigenvalue weighted by molar-refractivity contribution is -0.113. The highest BCUT2D eigenvalue weighted by molar-refractivity contribution is 6.05. The Kier molecular flexibility index (Phi) is 7.83. The van der Waals surface area contributed by atoms with Crippen molar-refractivity contribution in [2.45, 2.75) is 32.4 Å². The molecule has 2 aromatic heterocycles. The average molecular weight is 527 g/mol. The average Bonchev–Trinajstić information content (AvgIpc) is 3.37. The Morgan fingerprint density at radius 1 is 1.10 bits per heavy atom. The van der Waals surface area contributed by atoms with Crippen molar-refractivity contribution in [3.8, 4) is 11.5 Å². The summed E-state index contributed by atoms with van der Waals surface area (Å²) in [6.45, 7) is 2.26. The highest BCUT2D eigenvalue weighted by atomic mass is 16.5. The number of nitrogens with zero attached hydrogens (tertiary/aromatic N) is 4. The largest absolute Gasteiger partial charge is 0.493 e. The summed E-state index contributed by atoms with van der Waals surface area (Å²) in [5.41, 5.74) is 2.92. The van der Waals surface area contributed by atoms with Gasteiger partial charge in [0, 0.05) is 24.9 Å². The summed E-state index contributed by atoms with van der Waals surface area (Å²) in [5.74, 6) is 2.34. The Labute approximate surface area is 226 Å². The third-order valence-corrected chi connectivity index (χ3v) is 6.35. The Bertz CT molecular complexity index is 1470. The van der Waals surface area contributed by atoms with E-state index in [9.17, 15) is 9.90 Å². The molecule has 0 saturated heterocycles. The number of hydrogen-bond acceptors (Lipinski definition) is 8. The van der Waals surface area contributed by atoms with Crippen LogP contribution in [0.1, 0.15) is 36.3 Å². The molecule has 0 aliphatic carbocycles. The van der Waals surface area contributed by atoms with Gasteiger partial charge < -0.3 is 25.2 Å². The number of allylic oxidation sites excluding steroid dienone is 1. The molecule has 200 valence electrons. The number of ether oxygens (including phenoxy) is 2. The van der Waals surface area contributed by atoms with Crippen molar-refractivity contribution in [2.75, 3.05) is 24.4 Å². The fourth-order valence-electron chi connectivity index (χ4n) is 4.47. The van der Waals surface area contributed by atoms with E-state index in [2.05, 4.69) is 20.6 Å². The predicted molar refractivity (Wildman–Crippen MR) is 147 cm³/mol. The summed E-state index contributed by atoms with van der Waals surface area (Å²) in [6.07, 6.45) is 2.67. The molecule has 2 aromatic carbocycles. The summed E-state index contributed by atoms with van der Waals surface area (Å²) in [4.78, 5) is 22.5. The second kappa shape index (κ2) is 11.8. The molecule has 4 aromatic rings. The molecule has 3 N–H and O–H groups in total. The number of rotatable bonds is 10. The zero-order valence-corrected chi connectivity index (χ0v) is 21.8. The number of carbonyl (C=O) groups is 1. The Morgan fingerprint density at radius 3 is 2.67 bits per heavy atom. The SMILES string of the molecule is COc1cc(C2C(C(=O)Nc3ccccn3)=C(C)Nc3nc(CCCO)nn32)ccc1OCc1ccccc1. The minimum Gasteiger partial charge on any atom is -0.493 e. The second-order valence-electron chi connectivity index (χ2n) is 9.04. The van der Waals surface area contributed by atoms with Crippen molar-refractivity contribution in [2.24, 2.45) is 0 Å². The predicted octanol–water partition coefficient (Wildman–Crippen LogP) is 4.11. The van der Waals surface area contributed by atoms with Crippen LogP contribution in [-0.4, -0.2) is 44.5 Å². The van der Waals surface area contributed by atoms with E-state index in [0.29, 0.717) is 59.8 Å². The maximum atomic E-state index is 13.6. The van der Waals surface area contributed by atoms with Crippen LogP contribution < -0.4 is 20.1 Å². The molecule has 39 heavy (non-hydrogen) atoms. The Balaban J connectivity index is 1.51. The number of aliphatic hydroxyl groups is 1. The molecular formula is C29H30N6O4. The fourth-order valence-corrected chi connectivity index (χ4v) is 4.47. The molecule has 5 rings (SSSR count). The monoisotopic (exact) mass is 526 g/mol. The molecule has 1 unspecified atom stereocenters. The van der Waals surface area contributed by atoms with Crippen molar-refractivity contribution in [1.82, 2.24) is 19.7 Å². The van der Waals surface area contributed by atoms with E-state index < -0.39 is 6.04 Å². The minimum absolute atomic E-state index is 0.0391. The van der Waals surface area contributed by atoms with Gasteiger partial charge in [0.25, 0.3) is 5.91 Å². The standard InChI is InChI=1S/C29H30N6O4/c1-19-26(28(37)32-24-11-6-7-15-30-24)27(35-29(31-19)33-25(34-35)12-8-16-36)21-13-14-22(23(17-21)38-2)39-18-20-9-4-3-5-10-20/h3-7,9-11,13-15,17,27,36H,8,12,16,18H2,1-2H3,(H,30,32,37)(H,31,33,34). The van der Waals surface area contributed by atoms with Gasteiger partial charge in [0.1, 0.15) is 18.5 Å².